The van der Waals surface area contributed by atoms with Gasteiger partial charge in [0.15, 0.2) is 5.78 Å². The van der Waals surface area contributed by atoms with Gasteiger partial charge in [-0.2, -0.15) is 0 Å². The van der Waals surface area contributed by atoms with Crippen molar-refractivity contribution in [1.82, 2.24) is 0 Å². The molecule has 1 aromatic rings. The molecule has 1 unspecified atom stereocenters. The first-order chi connectivity index (χ1) is 10.7. The van der Waals surface area contributed by atoms with Crippen LogP contribution in [-0.4, -0.2) is 10.9 Å². The Morgan fingerprint density at radius 3 is 2.00 bits per heavy atom. The summed E-state index contributed by atoms with van der Waals surface area (Å²) in [6.45, 7) is 4.34. The number of rotatable bonds is 12. The summed E-state index contributed by atoms with van der Waals surface area (Å²) in [7, 11) is 0. The zero-order valence-corrected chi connectivity index (χ0v) is 14.3. The molecule has 1 aromatic carbocycles. The lowest BCUT2D eigenvalue weighted by Crippen LogP contribution is -2.14. The third kappa shape index (κ3) is 7.11. The van der Waals surface area contributed by atoms with Gasteiger partial charge in [-0.15, -0.1) is 0 Å². The van der Waals surface area contributed by atoms with Crippen LogP contribution in [0.3, 0.4) is 0 Å². The third-order valence-corrected chi connectivity index (χ3v) is 4.42. The molecule has 0 fully saturated rings. The fraction of sp³-hybridized carbons (Fsp3) is 0.650. The second-order valence-corrected chi connectivity index (χ2v) is 6.28. The predicted molar refractivity (Wildman–Crippen MR) is 93.4 cm³/mol. The quantitative estimate of drug-likeness (QED) is 0.372. The Kier molecular flexibility index (Phi) is 9.61. The van der Waals surface area contributed by atoms with E-state index in [-0.39, 0.29) is 17.5 Å². The van der Waals surface area contributed by atoms with Crippen molar-refractivity contribution >= 4 is 5.78 Å². The maximum Gasteiger partial charge on any atom is 0.165 e. The lowest BCUT2D eigenvalue weighted by molar-refractivity contribution is 0.0907. The van der Waals surface area contributed by atoms with Crippen LogP contribution in [0.1, 0.15) is 88.4 Å². The lowest BCUT2D eigenvalue weighted by Gasteiger charge is -2.13. The standard InChI is InChI=1S/C20H32O2/c1-3-5-6-7-8-9-10-11-12-17(4-2)20(22)18-13-15-19(21)16-14-18/h13-17,21H,3-12H2,1-2H3. The van der Waals surface area contributed by atoms with Crippen molar-refractivity contribution in [3.8, 4) is 5.75 Å². The normalized spacial score (nSPS) is 12.3. The van der Waals surface area contributed by atoms with Gasteiger partial charge in [0.25, 0.3) is 0 Å². The molecule has 0 heterocycles. The third-order valence-electron chi connectivity index (χ3n) is 4.42. The molecule has 0 aliphatic carbocycles. The summed E-state index contributed by atoms with van der Waals surface area (Å²) in [5.41, 5.74) is 0.726. The number of carbonyl (C=O) groups is 1. The fourth-order valence-electron chi connectivity index (χ4n) is 2.91. The highest BCUT2D eigenvalue weighted by Crippen LogP contribution is 2.21. The molecule has 22 heavy (non-hydrogen) atoms. The molecular formula is C20H32O2. The van der Waals surface area contributed by atoms with Gasteiger partial charge in [0.2, 0.25) is 0 Å². The number of Topliss-reactive ketones (excluding diaryl/α,β-unsaturated/α-hetero) is 1. The van der Waals surface area contributed by atoms with Crippen molar-refractivity contribution in [3.05, 3.63) is 29.8 Å². The minimum atomic E-state index is 0.129. The van der Waals surface area contributed by atoms with Crippen molar-refractivity contribution in [3.63, 3.8) is 0 Å². The summed E-state index contributed by atoms with van der Waals surface area (Å²) in [6, 6.07) is 6.65. The number of hydrogen-bond donors (Lipinski definition) is 1. The van der Waals surface area contributed by atoms with Crippen LogP contribution < -0.4 is 0 Å². The number of phenols is 1. The van der Waals surface area contributed by atoms with Gasteiger partial charge in [-0.25, -0.2) is 0 Å². The summed E-state index contributed by atoms with van der Waals surface area (Å²) < 4.78 is 0. The predicted octanol–water partition coefficient (Wildman–Crippen LogP) is 6.13. The first-order valence-electron chi connectivity index (χ1n) is 9.02. The van der Waals surface area contributed by atoms with Crippen LogP contribution >= 0.6 is 0 Å². The molecule has 1 atom stereocenters. The first kappa shape index (κ1) is 18.7. The van der Waals surface area contributed by atoms with E-state index in [2.05, 4.69) is 13.8 Å². The highest BCUT2D eigenvalue weighted by atomic mass is 16.3. The molecule has 2 nitrogen and oxygen atoms in total. The molecule has 0 radical (unpaired) electrons. The molecule has 0 amide bonds. The average Bonchev–Trinajstić information content (AvgIpc) is 2.54. The Morgan fingerprint density at radius 1 is 0.909 bits per heavy atom. The van der Waals surface area contributed by atoms with Crippen LogP contribution in [0.4, 0.5) is 0 Å². The van der Waals surface area contributed by atoms with E-state index in [0.29, 0.717) is 0 Å². The Morgan fingerprint density at radius 2 is 1.45 bits per heavy atom. The van der Waals surface area contributed by atoms with Gasteiger partial charge in [-0.3, -0.25) is 4.79 Å². The largest absolute Gasteiger partial charge is 0.508 e. The highest BCUT2D eigenvalue weighted by molar-refractivity contribution is 5.97. The van der Waals surface area contributed by atoms with Crippen LogP contribution in [-0.2, 0) is 0 Å². The molecule has 0 bridgehead atoms. The van der Waals surface area contributed by atoms with E-state index in [1.54, 1.807) is 24.3 Å². The van der Waals surface area contributed by atoms with E-state index in [1.807, 2.05) is 0 Å². The monoisotopic (exact) mass is 304 g/mol. The van der Waals surface area contributed by atoms with Crippen LogP contribution in [0.5, 0.6) is 5.75 Å². The van der Waals surface area contributed by atoms with E-state index in [4.69, 9.17) is 0 Å². The molecule has 0 spiro atoms. The topological polar surface area (TPSA) is 37.3 Å². The Labute approximate surface area is 135 Å². The summed E-state index contributed by atoms with van der Waals surface area (Å²) >= 11 is 0. The molecular weight excluding hydrogens is 272 g/mol. The lowest BCUT2D eigenvalue weighted by atomic mass is 9.90. The number of ketones is 1. The molecule has 1 N–H and O–H groups in total. The number of unbranched alkanes of at least 4 members (excludes halogenated alkanes) is 7. The number of carbonyl (C=O) groups excluding carboxylic acids is 1. The second-order valence-electron chi connectivity index (χ2n) is 6.28. The van der Waals surface area contributed by atoms with E-state index in [9.17, 15) is 9.90 Å². The van der Waals surface area contributed by atoms with Crippen LogP contribution in [0, 0.1) is 5.92 Å². The van der Waals surface area contributed by atoms with Crippen molar-refractivity contribution in [2.75, 3.05) is 0 Å². The van der Waals surface area contributed by atoms with E-state index in [1.165, 1.54) is 44.9 Å². The highest BCUT2D eigenvalue weighted by Gasteiger charge is 2.17. The summed E-state index contributed by atoms with van der Waals surface area (Å²) in [5.74, 6) is 0.572. The van der Waals surface area contributed by atoms with Gasteiger partial charge >= 0.3 is 0 Å². The summed E-state index contributed by atoms with van der Waals surface area (Å²) in [6.07, 6.45) is 12.3. The van der Waals surface area contributed by atoms with Gasteiger partial charge in [0.05, 0.1) is 0 Å². The van der Waals surface area contributed by atoms with E-state index < -0.39 is 0 Å². The van der Waals surface area contributed by atoms with Gasteiger partial charge in [0, 0.05) is 11.5 Å². The smallest absolute Gasteiger partial charge is 0.165 e. The maximum atomic E-state index is 12.4. The zero-order chi connectivity index (χ0) is 16.2. The molecule has 0 aliphatic heterocycles. The average molecular weight is 304 g/mol. The molecule has 0 aromatic heterocycles. The van der Waals surface area contributed by atoms with Crippen molar-refractivity contribution in [2.24, 2.45) is 5.92 Å². The SMILES string of the molecule is CCCCCCCCCCC(CC)C(=O)c1ccc(O)cc1. The number of hydrogen-bond acceptors (Lipinski definition) is 2. The second kappa shape index (κ2) is 11.3. The number of aromatic hydroxyl groups is 1. The van der Waals surface area contributed by atoms with Crippen molar-refractivity contribution < 1.29 is 9.90 Å². The molecule has 0 saturated carbocycles. The molecule has 1 rings (SSSR count). The maximum absolute atomic E-state index is 12.4. The molecule has 2 heteroatoms. The van der Waals surface area contributed by atoms with Crippen molar-refractivity contribution in [2.45, 2.75) is 78.1 Å². The molecule has 124 valence electrons. The Hall–Kier alpha value is -1.31. The minimum Gasteiger partial charge on any atom is -0.508 e. The van der Waals surface area contributed by atoms with E-state index in [0.717, 1.165) is 24.8 Å². The number of benzene rings is 1. The molecule has 0 aliphatic rings. The van der Waals surface area contributed by atoms with Gasteiger partial charge in [-0.05, 0) is 37.1 Å². The number of phenolic OH excluding ortho intramolecular Hbond substituents is 1. The summed E-state index contributed by atoms with van der Waals surface area (Å²) in [4.78, 5) is 12.4. The van der Waals surface area contributed by atoms with Crippen molar-refractivity contribution in [1.29, 1.82) is 0 Å². The van der Waals surface area contributed by atoms with Crippen LogP contribution in [0.25, 0.3) is 0 Å². The Balaban J connectivity index is 2.24. The fourth-order valence-corrected chi connectivity index (χ4v) is 2.91. The summed E-state index contributed by atoms with van der Waals surface area (Å²) in [5, 5.41) is 9.30. The van der Waals surface area contributed by atoms with Crippen LogP contribution in [0.2, 0.25) is 0 Å². The first-order valence-corrected chi connectivity index (χ1v) is 9.02. The van der Waals surface area contributed by atoms with Crippen LogP contribution in [0.15, 0.2) is 24.3 Å². The minimum absolute atomic E-state index is 0.129. The zero-order valence-electron chi connectivity index (χ0n) is 14.3. The van der Waals surface area contributed by atoms with Gasteiger partial charge in [-0.1, -0.05) is 65.2 Å². The molecule has 0 saturated heterocycles. The van der Waals surface area contributed by atoms with E-state index >= 15 is 0 Å². The van der Waals surface area contributed by atoms with Gasteiger partial charge in [0.1, 0.15) is 5.75 Å². The Bertz CT molecular complexity index is 408. The van der Waals surface area contributed by atoms with Gasteiger partial charge < -0.3 is 5.11 Å².